The molecule has 1 aromatic heterocycles. The quantitative estimate of drug-likeness (QED) is 0.155. The lowest BCUT2D eigenvalue weighted by Crippen LogP contribution is -2.44. The number of ether oxygens (including phenoxy) is 2. The van der Waals surface area contributed by atoms with Crippen molar-refractivity contribution in [3.8, 4) is 28.7 Å². The highest BCUT2D eigenvalue weighted by atomic mass is 35.5. The topological polar surface area (TPSA) is 162 Å². The number of sulfone groups is 1. The number of halogens is 1. The molecule has 2 aliphatic heterocycles. The minimum Gasteiger partial charge on any atom is -0.488 e. The molecule has 0 unspecified atom stereocenters. The number of benzene rings is 3. The van der Waals surface area contributed by atoms with Crippen LogP contribution in [0.5, 0.6) is 11.5 Å². The number of carbonyl (C=O) groups excluding carboxylic acids is 1. The molecule has 2 N–H and O–H groups in total. The molecule has 3 heterocycles. The van der Waals surface area contributed by atoms with Gasteiger partial charge in [0.25, 0.3) is 5.91 Å². The molecule has 56 heavy (non-hydrogen) atoms. The first-order valence-electron chi connectivity index (χ1n) is 18.7. The van der Waals surface area contributed by atoms with Crippen LogP contribution in [0.25, 0.3) is 11.1 Å². The van der Waals surface area contributed by atoms with E-state index in [1.165, 1.54) is 6.20 Å². The Morgan fingerprint density at radius 2 is 1.68 bits per heavy atom. The summed E-state index contributed by atoms with van der Waals surface area (Å²) in [6, 6.07) is 18.3. The van der Waals surface area contributed by atoms with E-state index < -0.39 is 21.8 Å². The maximum absolute atomic E-state index is 13.3. The highest BCUT2D eigenvalue weighted by Crippen LogP contribution is 2.37. The molecular formula is C42H46ClN5O7S. The molecule has 0 aliphatic carbocycles. The van der Waals surface area contributed by atoms with Crippen LogP contribution in [0, 0.1) is 25.2 Å². The highest BCUT2D eigenvalue weighted by molar-refractivity contribution is 7.91. The fourth-order valence-corrected chi connectivity index (χ4v) is 8.79. The summed E-state index contributed by atoms with van der Waals surface area (Å²) < 4.78 is 36.2. The molecule has 1 amide bonds. The summed E-state index contributed by atoms with van der Waals surface area (Å²) in [6.45, 7) is 7.17. The van der Waals surface area contributed by atoms with Gasteiger partial charge >= 0.3 is 5.97 Å². The summed E-state index contributed by atoms with van der Waals surface area (Å²) in [6.07, 6.45) is 5.43. The van der Waals surface area contributed by atoms with Crippen molar-refractivity contribution in [2.45, 2.75) is 58.9 Å². The van der Waals surface area contributed by atoms with Crippen LogP contribution in [-0.4, -0.2) is 90.5 Å². The van der Waals surface area contributed by atoms with Gasteiger partial charge in [-0.25, -0.2) is 8.42 Å². The maximum Gasteiger partial charge on any atom is 0.320 e. The fourth-order valence-electron chi connectivity index (χ4n) is 7.27. The van der Waals surface area contributed by atoms with E-state index in [2.05, 4.69) is 21.3 Å². The number of nitriles is 1. The number of aromatic nitrogens is 1. The standard InChI is InChI=1S/C42H46ClN5O7S/c1-28-32(7-5-8-34(28)35-9-6-10-36(29(35)2)41(49)46-12-14-47-15-17-56(52,53)18-16-47)27-55-40-21-39(54-26-31-19-30(22-44)23-45-24-31)33(20-37(40)43)25-48-13-4-3-11-38(48)42(50)51/h5-10,19-21,23-24,38H,3-4,11-18,25-27H2,1-2H3,(H,46,49)(H,50,51)/t38-/m0/s1. The molecule has 0 spiro atoms. The number of piperidine rings is 1. The summed E-state index contributed by atoms with van der Waals surface area (Å²) in [5.74, 6) is 0.138. The van der Waals surface area contributed by atoms with Crippen LogP contribution in [0.2, 0.25) is 5.02 Å². The van der Waals surface area contributed by atoms with Crippen LogP contribution in [0.4, 0.5) is 0 Å². The monoisotopic (exact) mass is 799 g/mol. The number of rotatable bonds is 14. The highest BCUT2D eigenvalue weighted by Gasteiger charge is 2.29. The van der Waals surface area contributed by atoms with Gasteiger partial charge in [0, 0.05) is 67.9 Å². The number of likely N-dealkylation sites (tertiary alicyclic amines) is 1. The van der Waals surface area contributed by atoms with E-state index >= 15 is 0 Å². The van der Waals surface area contributed by atoms with Gasteiger partial charge in [0.05, 0.1) is 22.1 Å². The first kappa shape index (κ1) is 40.7. The van der Waals surface area contributed by atoms with Gasteiger partial charge in [-0.1, -0.05) is 48.4 Å². The van der Waals surface area contributed by atoms with E-state index in [1.54, 1.807) is 30.5 Å². The Morgan fingerprint density at radius 1 is 0.946 bits per heavy atom. The minimum atomic E-state index is -2.96. The smallest absolute Gasteiger partial charge is 0.320 e. The average Bonchev–Trinajstić information content (AvgIpc) is 3.18. The largest absolute Gasteiger partial charge is 0.488 e. The van der Waals surface area contributed by atoms with Crippen LogP contribution in [0.3, 0.4) is 0 Å². The Kier molecular flexibility index (Phi) is 13.3. The van der Waals surface area contributed by atoms with E-state index in [9.17, 15) is 28.4 Å². The maximum atomic E-state index is 13.3. The molecule has 0 radical (unpaired) electrons. The lowest BCUT2D eigenvalue weighted by Gasteiger charge is -2.33. The zero-order valence-electron chi connectivity index (χ0n) is 31.6. The number of amides is 1. The van der Waals surface area contributed by atoms with Crippen LogP contribution in [0.15, 0.2) is 67.0 Å². The fraction of sp³-hybridized carbons (Fsp3) is 0.381. The lowest BCUT2D eigenvalue weighted by atomic mass is 9.91. The number of aliphatic carboxylic acids is 1. The van der Waals surface area contributed by atoms with Crippen molar-refractivity contribution in [3.05, 3.63) is 111 Å². The molecule has 0 bridgehead atoms. The summed E-state index contributed by atoms with van der Waals surface area (Å²) in [5, 5.41) is 22.6. The van der Waals surface area contributed by atoms with Gasteiger partial charge < -0.3 is 19.9 Å². The molecule has 12 nitrogen and oxygen atoms in total. The SMILES string of the molecule is Cc1c(COc2cc(OCc3cncc(C#N)c3)c(CN3CCCC[C@H]3C(=O)O)cc2Cl)cccc1-c1cccc(C(=O)NCCN2CCS(=O)(=O)CC2)c1C. The molecule has 3 aromatic carbocycles. The summed E-state index contributed by atoms with van der Waals surface area (Å²) in [4.78, 5) is 33.5. The molecule has 1 atom stereocenters. The molecule has 294 valence electrons. The molecule has 2 aliphatic rings. The van der Waals surface area contributed by atoms with Crippen molar-refractivity contribution in [1.29, 1.82) is 5.26 Å². The van der Waals surface area contributed by atoms with Crippen molar-refractivity contribution >= 4 is 33.3 Å². The number of carboxylic acid groups (broad SMARTS) is 1. The normalized spacial score (nSPS) is 17.1. The average molecular weight is 800 g/mol. The Morgan fingerprint density at radius 3 is 2.43 bits per heavy atom. The van der Waals surface area contributed by atoms with Crippen LogP contribution in [0.1, 0.15) is 63.0 Å². The molecule has 0 saturated carbocycles. The lowest BCUT2D eigenvalue weighted by molar-refractivity contribution is -0.144. The third-order valence-electron chi connectivity index (χ3n) is 10.6. The van der Waals surface area contributed by atoms with Crippen molar-refractivity contribution in [2.75, 3.05) is 44.2 Å². The Bertz CT molecular complexity index is 2230. The minimum absolute atomic E-state index is 0.126. The second-order valence-corrected chi connectivity index (χ2v) is 17.0. The van der Waals surface area contributed by atoms with Gasteiger partial charge in [0.15, 0.2) is 9.84 Å². The van der Waals surface area contributed by atoms with Gasteiger partial charge in [0.2, 0.25) is 0 Å². The van der Waals surface area contributed by atoms with Gasteiger partial charge in [-0.2, -0.15) is 5.26 Å². The van der Waals surface area contributed by atoms with Gasteiger partial charge in [0.1, 0.15) is 36.8 Å². The number of nitrogens with one attached hydrogen (secondary N) is 1. The van der Waals surface area contributed by atoms with Crippen molar-refractivity contribution in [3.63, 3.8) is 0 Å². The van der Waals surface area contributed by atoms with Crippen molar-refractivity contribution in [1.82, 2.24) is 20.1 Å². The van der Waals surface area contributed by atoms with Gasteiger partial charge in [-0.3, -0.25) is 24.4 Å². The van der Waals surface area contributed by atoms with E-state index in [0.29, 0.717) is 78.9 Å². The van der Waals surface area contributed by atoms with Crippen molar-refractivity contribution < 1.29 is 32.6 Å². The first-order chi connectivity index (χ1) is 26.9. The number of carbonyl (C=O) groups is 2. The Hall–Kier alpha value is -5.00. The Labute approximate surface area is 332 Å². The van der Waals surface area contributed by atoms with E-state index in [0.717, 1.165) is 46.2 Å². The number of pyridine rings is 1. The number of nitrogens with zero attached hydrogens (tertiary/aromatic N) is 4. The van der Waals surface area contributed by atoms with Gasteiger partial charge in [-0.05, 0) is 79.3 Å². The predicted octanol–water partition coefficient (Wildman–Crippen LogP) is 5.95. The summed E-state index contributed by atoms with van der Waals surface area (Å²) in [7, 11) is -2.96. The number of hydrogen-bond donors (Lipinski definition) is 2. The molecule has 4 aromatic rings. The van der Waals surface area contributed by atoms with Crippen LogP contribution in [-0.2, 0) is 34.4 Å². The molecule has 2 fully saturated rings. The Balaban J connectivity index is 1.18. The van der Waals surface area contributed by atoms with Crippen molar-refractivity contribution in [2.24, 2.45) is 0 Å². The van der Waals surface area contributed by atoms with Gasteiger partial charge in [-0.15, -0.1) is 0 Å². The molecule has 14 heteroatoms. The zero-order chi connectivity index (χ0) is 39.8. The second kappa shape index (κ2) is 18.3. The number of hydrogen-bond acceptors (Lipinski definition) is 10. The number of carboxylic acids is 1. The zero-order valence-corrected chi connectivity index (χ0v) is 33.2. The first-order valence-corrected chi connectivity index (χ1v) is 20.9. The third-order valence-corrected chi connectivity index (χ3v) is 12.5. The predicted molar refractivity (Wildman–Crippen MR) is 214 cm³/mol. The molecular weight excluding hydrogens is 754 g/mol. The molecule has 2 saturated heterocycles. The van der Waals surface area contributed by atoms with E-state index in [4.69, 9.17) is 21.1 Å². The van der Waals surface area contributed by atoms with Crippen LogP contribution >= 0.6 is 11.6 Å². The summed E-state index contributed by atoms with van der Waals surface area (Å²) in [5.41, 5.74) is 7.02. The van der Waals surface area contributed by atoms with E-state index in [-0.39, 0.29) is 30.6 Å². The van der Waals surface area contributed by atoms with E-state index in [1.807, 2.05) is 49.1 Å². The van der Waals surface area contributed by atoms with Crippen LogP contribution < -0.4 is 14.8 Å². The third kappa shape index (κ3) is 10.0. The second-order valence-electron chi connectivity index (χ2n) is 14.3. The summed E-state index contributed by atoms with van der Waals surface area (Å²) >= 11 is 6.84. The molecule has 6 rings (SSSR count).